The Morgan fingerprint density at radius 3 is 2.33 bits per heavy atom. The molecule has 2 amide bonds. The first-order chi connectivity index (χ1) is 15.9. The molecule has 5 nitrogen and oxygen atoms in total. The second kappa shape index (κ2) is 11.7. The fourth-order valence-corrected chi connectivity index (χ4v) is 3.41. The molecule has 0 saturated heterocycles. The third-order valence-corrected chi connectivity index (χ3v) is 5.47. The van der Waals surface area contributed by atoms with Crippen LogP contribution in [0.2, 0.25) is 0 Å². The van der Waals surface area contributed by atoms with Crippen LogP contribution in [0.1, 0.15) is 27.0 Å². The largest absolute Gasteiger partial charge is 0.352 e. The van der Waals surface area contributed by atoms with Gasteiger partial charge in [0.2, 0.25) is 5.91 Å². The van der Waals surface area contributed by atoms with E-state index in [4.69, 9.17) is 12.2 Å². The van der Waals surface area contributed by atoms with Gasteiger partial charge < -0.3 is 10.2 Å². The van der Waals surface area contributed by atoms with Crippen LogP contribution in [0.3, 0.4) is 0 Å². The first-order valence-corrected chi connectivity index (χ1v) is 11.1. The van der Waals surface area contributed by atoms with Crippen LogP contribution in [0.15, 0.2) is 84.9 Å². The molecule has 3 aromatic rings. The van der Waals surface area contributed by atoms with Crippen LogP contribution < -0.4 is 15.5 Å². The molecule has 0 unspecified atom stereocenters. The van der Waals surface area contributed by atoms with E-state index in [1.165, 1.54) is 6.08 Å². The number of benzene rings is 3. The van der Waals surface area contributed by atoms with E-state index in [1.807, 2.05) is 67.6 Å². The van der Waals surface area contributed by atoms with Crippen LogP contribution in [-0.4, -0.2) is 30.5 Å². The van der Waals surface area contributed by atoms with Crippen molar-refractivity contribution in [1.82, 2.24) is 10.6 Å². The first kappa shape index (κ1) is 23.9. The third-order valence-electron chi connectivity index (χ3n) is 5.09. The maximum Gasteiger partial charge on any atom is 0.253 e. The Labute approximate surface area is 200 Å². The molecule has 168 valence electrons. The summed E-state index contributed by atoms with van der Waals surface area (Å²) in [4.78, 5) is 26.8. The van der Waals surface area contributed by atoms with Crippen molar-refractivity contribution in [2.75, 3.05) is 18.5 Å². The predicted octanol–water partition coefficient (Wildman–Crippen LogP) is 4.52. The van der Waals surface area contributed by atoms with E-state index in [-0.39, 0.29) is 16.9 Å². The highest BCUT2D eigenvalue weighted by Gasteiger charge is 2.17. The van der Waals surface area contributed by atoms with E-state index in [0.29, 0.717) is 17.8 Å². The summed E-state index contributed by atoms with van der Waals surface area (Å²) in [6.07, 6.45) is 3.91. The van der Waals surface area contributed by atoms with Gasteiger partial charge in [-0.1, -0.05) is 72.3 Å². The number of hydrogen-bond donors (Lipinski definition) is 2. The van der Waals surface area contributed by atoms with Crippen molar-refractivity contribution in [1.29, 1.82) is 0 Å². The molecule has 3 rings (SSSR count). The number of aryl methyl sites for hydroxylation is 1. The lowest BCUT2D eigenvalue weighted by atomic mass is 10.1. The van der Waals surface area contributed by atoms with Gasteiger partial charge in [-0.2, -0.15) is 0 Å². The Morgan fingerprint density at radius 2 is 1.61 bits per heavy atom. The molecule has 0 bridgehead atoms. The van der Waals surface area contributed by atoms with Crippen molar-refractivity contribution in [2.24, 2.45) is 0 Å². The lowest BCUT2D eigenvalue weighted by Crippen LogP contribution is -2.41. The van der Waals surface area contributed by atoms with Gasteiger partial charge in [0, 0.05) is 19.7 Å². The van der Waals surface area contributed by atoms with Gasteiger partial charge in [0.25, 0.3) is 5.91 Å². The molecule has 0 aliphatic carbocycles. The molecular formula is C27H27N3O2S. The van der Waals surface area contributed by atoms with Crippen molar-refractivity contribution in [3.8, 4) is 0 Å². The smallest absolute Gasteiger partial charge is 0.253 e. The van der Waals surface area contributed by atoms with Crippen molar-refractivity contribution in [2.45, 2.75) is 13.3 Å². The van der Waals surface area contributed by atoms with Gasteiger partial charge in [0.15, 0.2) is 5.11 Å². The van der Waals surface area contributed by atoms with E-state index >= 15 is 0 Å². The molecule has 0 heterocycles. The minimum atomic E-state index is -0.336. The van der Waals surface area contributed by atoms with E-state index in [9.17, 15) is 9.59 Å². The highest BCUT2D eigenvalue weighted by molar-refractivity contribution is 7.80. The molecule has 2 N–H and O–H groups in total. The van der Waals surface area contributed by atoms with Gasteiger partial charge >= 0.3 is 0 Å². The minimum Gasteiger partial charge on any atom is -0.352 e. The maximum atomic E-state index is 12.8. The molecule has 0 radical (unpaired) electrons. The number of anilines is 1. The Balaban J connectivity index is 1.60. The zero-order valence-electron chi connectivity index (χ0n) is 18.7. The predicted molar refractivity (Wildman–Crippen MR) is 138 cm³/mol. The maximum absolute atomic E-state index is 12.8. The molecule has 6 heteroatoms. The van der Waals surface area contributed by atoms with Crippen LogP contribution in [0.5, 0.6) is 0 Å². The number of nitrogens with zero attached hydrogens (tertiary/aromatic N) is 1. The highest BCUT2D eigenvalue weighted by Crippen LogP contribution is 2.19. The molecule has 0 aromatic heterocycles. The number of carbonyl (C=O) groups excluding carboxylic acids is 2. The Kier molecular flexibility index (Phi) is 8.49. The van der Waals surface area contributed by atoms with Crippen LogP contribution >= 0.6 is 12.2 Å². The van der Waals surface area contributed by atoms with Gasteiger partial charge in [-0.25, -0.2) is 0 Å². The summed E-state index contributed by atoms with van der Waals surface area (Å²) in [5.74, 6) is -0.529. The van der Waals surface area contributed by atoms with Gasteiger partial charge in [-0.05, 0) is 54.9 Å². The van der Waals surface area contributed by atoms with Crippen molar-refractivity contribution in [3.63, 3.8) is 0 Å². The Bertz CT molecular complexity index is 1140. The van der Waals surface area contributed by atoms with Crippen LogP contribution in [0.4, 0.5) is 5.69 Å². The van der Waals surface area contributed by atoms with Crippen molar-refractivity contribution in [3.05, 3.63) is 107 Å². The third kappa shape index (κ3) is 7.12. The molecular weight excluding hydrogens is 430 g/mol. The lowest BCUT2D eigenvalue weighted by Gasteiger charge is -2.22. The molecule has 0 fully saturated rings. The first-order valence-electron chi connectivity index (χ1n) is 10.7. The monoisotopic (exact) mass is 457 g/mol. The number of para-hydroxylation sites is 1. The number of carbonyl (C=O) groups is 2. The van der Waals surface area contributed by atoms with Crippen LogP contribution in [-0.2, 0) is 11.2 Å². The molecule has 3 aromatic carbocycles. The number of rotatable bonds is 7. The van der Waals surface area contributed by atoms with Crippen molar-refractivity contribution < 1.29 is 9.59 Å². The molecule has 0 saturated carbocycles. The molecule has 0 aliphatic rings. The number of hydrogen-bond acceptors (Lipinski definition) is 3. The minimum absolute atomic E-state index is 0.193. The van der Waals surface area contributed by atoms with E-state index in [1.54, 1.807) is 36.2 Å². The lowest BCUT2D eigenvalue weighted by molar-refractivity contribution is -0.115. The Morgan fingerprint density at radius 1 is 0.939 bits per heavy atom. The number of thiocarbonyl (C=S) groups is 1. The molecule has 33 heavy (non-hydrogen) atoms. The molecule has 0 atom stereocenters. The Hall–Kier alpha value is -3.77. The summed E-state index contributed by atoms with van der Waals surface area (Å²) < 4.78 is 0. The second-order valence-electron chi connectivity index (χ2n) is 7.61. The highest BCUT2D eigenvalue weighted by atomic mass is 32.1. The molecule has 0 spiro atoms. The van der Waals surface area contributed by atoms with E-state index < -0.39 is 0 Å². The van der Waals surface area contributed by atoms with Gasteiger partial charge in [0.1, 0.15) is 0 Å². The zero-order valence-corrected chi connectivity index (χ0v) is 19.6. The van der Waals surface area contributed by atoms with Gasteiger partial charge in [0.05, 0.1) is 11.3 Å². The molecule has 0 aliphatic heterocycles. The SMILES string of the molecule is Cc1ccc(C=CC(=O)NC(=S)N(C)c2ccccc2C(=O)NCCc2ccccc2)cc1. The standard InChI is InChI=1S/C27H27N3O2S/c1-20-12-14-22(15-13-20)16-17-25(31)29-27(33)30(2)24-11-7-6-10-23(24)26(32)28-19-18-21-8-4-3-5-9-21/h3-17H,18-19H2,1-2H3,(H,28,32)(H,29,31,33). The van der Waals surface area contributed by atoms with E-state index in [2.05, 4.69) is 10.6 Å². The summed E-state index contributed by atoms with van der Waals surface area (Å²) in [7, 11) is 1.72. The summed E-state index contributed by atoms with van der Waals surface area (Å²) in [5.41, 5.74) is 4.34. The van der Waals surface area contributed by atoms with E-state index in [0.717, 1.165) is 23.1 Å². The van der Waals surface area contributed by atoms with Gasteiger partial charge in [-0.3, -0.25) is 14.9 Å². The topological polar surface area (TPSA) is 61.4 Å². The summed E-state index contributed by atoms with van der Waals surface area (Å²) >= 11 is 5.41. The van der Waals surface area contributed by atoms with Crippen LogP contribution in [0, 0.1) is 6.92 Å². The average molecular weight is 458 g/mol. The second-order valence-corrected chi connectivity index (χ2v) is 7.99. The quantitative estimate of drug-likeness (QED) is 0.405. The summed E-state index contributed by atoms with van der Waals surface area (Å²) in [5, 5.41) is 5.85. The van der Waals surface area contributed by atoms with Crippen LogP contribution in [0.25, 0.3) is 6.08 Å². The summed E-state index contributed by atoms with van der Waals surface area (Å²) in [6, 6.07) is 25.0. The number of amides is 2. The summed E-state index contributed by atoms with van der Waals surface area (Å²) in [6.45, 7) is 2.53. The normalized spacial score (nSPS) is 10.6. The fourth-order valence-electron chi connectivity index (χ4n) is 3.21. The zero-order chi connectivity index (χ0) is 23.6. The van der Waals surface area contributed by atoms with Gasteiger partial charge in [-0.15, -0.1) is 0 Å². The van der Waals surface area contributed by atoms with Crippen molar-refractivity contribution >= 4 is 40.9 Å². The number of nitrogens with one attached hydrogen (secondary N) is 2. The fraction of sp³-hybridized carbons (Fsp3) is 0.148. The average Bonchev–Trinajstić information content (AvgIpc) is 2.83.